The van der Waals surface area contributed by atoms with Crippen LogP contribution in [0.1, 0.15) is 18.4 Å². The average Bonchev–Trinajstić information content (AvgIpc) is 2.40. The molecular formula is C14H20N2O4. The van der Waals surface area contributed by atoms with E-state index >= 15 is 0 Å². The second kappa shape index (κ2) is 8.16. The van der Waals surface area contributed by atoms with Crippen LogP contribution in [0.3, 0.4) is 0 Å². The van der Waals surface area contributed by atoms with Gasteiger partial charge in [-0.05, 0) is 37.7 Å². The van der Waals surface area contributed by atoms with Crippen molar-refractivity contribution in [3.63, 3.8) is 0 Å². The molecule has 0 saturated heterocycles. The number of carboxylic acids is 1. The zero-order valence-electron chi connectivity index (χ0n) is 11.4. The summed E-state index contributed by atoms with van der Waals surface area (Å²) < 4.78 is 0. The Morgan fingerprint density at radius 2 is 1.90 bits per heavy atom. The van der Waals surface area contributed by atoms with Crippen molar-refractivity contribution in [1.82, 2.24) is 10.6 Å². The first-order chi connectivity index (χ1) is 9.52. The van der Waals surface area contributed by atoms with Gasteiger partial charge in [-0.1, -0.05) is 12.1 Å². The lowest BCUT2D eigenvalue weighted by molar-refractivity contribution is -0.141. The molecule has 6 nitrogen and oxygen atoms in total. The minimum absolute atomic E-state index is 0.122. The van der Waals surface area contributed by atoms with Crippen molar-refractivity contribution < 1.29 is 19.8 Å². The molecule has 6 heteroatoms. The predicted molar refractivity (Wildman–Crippen MR) is 74.5 cm³/mol. The standard InChI is InChI=1S/C14H20N2O4/c1-15-8-2-3-13(18)16-12(14(19)20)9-10-4-6-11(17)7-5-10/h4-7,12,15,17H,2-3,8-9H2,1H3,(H,16,18)(H,19,20)/t12-/m1/s1. The quantitative estimate of drug-likeness (QED) is 0.520. The van der Waals surface area contributed by atoms with E-state index in [9.17, 15) is 14.7 Å². The minimum Gasteiger partial charge on any atom is -0.508 e. The van der Waals surface area contributed by atoms with E-state index in [2.05, 4.69) is 10.6 Å². The fourth-order valence-corrected chi connectivity index (χ4v) is 1.76. The van der Waals surface area contributed by atoms with Crippen LogP contribution in [0.25, 0.3) is 0 Å². The molecule has 110 valence electrons. The summed E-state index contributed by atoms with van der Waals surface area (Å²) in [5.74, 6) is -1.22. The molecule has 0 saturated carbocycles. The van der Waals surface area contributed by atoms with Crippen molar-refractivity contribution in [1.29, 1.82) is 0 Å². The van der Waals surface area contributed by atoms with Crippen LogP contribution in [0.2, 0.25) is 0 Å². The molecule has 20 heavy (non-hydrogen) atoms. The lowest BCUT2D eigenvalue weighted by Crippen LogP contribution is -2.42. The third-order valence-corrected chi connectivity index (χ3v) is 2.84. The van der Waals surface area contributed by atoms with Gasteiger partial charge in [-0.15, -0.1) is 0 Å². The number of phenolic OH excluding ortho intramolecular Hbond substituents is 1. The molecule has 1 aromatic carbocycles. The van der Waals surface area contributed by atoms with Crippen LogP contribution in [-0.4, -0.2) is 41.7 Å². The number of hydrogen-bond donors (Lipinski definition) is 4. The lowest BCUT2D eigenvalue weighted by Gasteiger charge is -2.14. The molecule has 1 amide bonds. The zero-order valence-corrected chi connectivity index (χ0v) is 11.4. The summed E-state index contributed by atoms with van der Waals surface area (Å²) >= 11 is 0. The van der Waals surface area contributed by atoms with E-state index in [1.807, 2.05) is 0 Å². The largest absolute Gasteiger partial charge is 0.508 e. The summed E-state index contributed by atoms with van der Waals surface area (Å²) in [6, 6.07) is 5.30. The van der Waals surface area contributed by atoms with E-state index in [0.29, 0.717) is 19.4 Å². The number of aromatic hydroxyl groups is 1. The molecule has 0 aliphatic rings. The SMILES string of the molecule is CNCCCC(=O)N[C@H](Cc1ccc(O)cc1)C(=O)O. The average molecular weight is 280 g/mol. The van der Waals surface area contributed by atoms with Crippen LogP contribution >= 0.6 is 0 Å². The van der Waals surface area contributed by atoms with Gasteiger partial charge in [0.2, 0.25) is 5.91 Å². The van der Waals surface area contributed by atoms with Crippen molar-refractivity contribution in [3.05, 3.63) is 29.8 Å². The molecule has 0 bridgehead atoms. The Kier molecular flexibility index (Phi) is 6.52. The molecule has 0 radical (unpaired) electrons. The van der Waals surface area contributed by atoms with Crippen LogP contribution in [0.15, 0.2) is 24.3 Å². The molecule has 1 atom stereocenters. The molecule has 0 heterocycles. The van der Waals surface area contributed by atoms with Gasteiger partial charge in [-0.3, -0.25) is 4.79 Å². The highest BCUT2D eigenvalue weighted by atomic mass is 16.4. The van der Waals surface area contributed by atoms with Gasteiger partial charge in [-0.2, -0.15) is 0 Å². The third kappa shape index (κ3) is 5.71. The van der Waals surface area contributed by atoms with Crippen molar-refractivity contribution >= 4 is 11.9 Å². The van der Waals surface area contributed by atoms with Gasteiger partial charge in [0.1, 0.15) is 11.8 Å². The molecular weight excluding hydrogens is 260 g/mol. The Bertz CT molecular complexity index is 445. The van der Waals surface area contributed by atoms with Crippen molar-refractivity contribution in [2.24, 2.45) is 0 Å². The molecule has 0 aromatic heterocycles. The van der Waals surface area contributed by atoms with Gasteiger partial charge in [0.15, 0.2) is 0 Å². The van der Waals surface area contributed by atoms with E-state index in [0.717, 1.165) is 5.56 Å². The molecule has 1 aromatic rings. The van der Waals surface area contributed by atoms with E-state index in [-0.39, 0.29) is 18.1 Å². The van der Waals surface area contributed by atoms with Crippen molar-refractivity contribution in [2.75, 3.05) is 13.6 Å². The Morgan fingerprint density at radius 3 is 2.45 bits per heavy atom. The normalized spacial score (nSPS) is 11.8. The number of hydrogen-bond acceptors (Lipinski definition) is 4. The van der Waals surface area contributed by atoms with Gasteiger partial charge >= 0.3 is 5.97 Å². The number of phenols is 1. The van der Waals surface area contributed by atoms with Gasteiger partial charge in [0, 0.05) is 12.8 Å². The van der Waals surface area contributed by atoms with Crippen LogP contribution in [-0.2, 0) is 16.0 Å². The van der Waals surface area contributed by atoms with E-state index in [1.54, 1.807) is 19.2 Å². The van der Waals surface area contributed by atoms with Crippen molar-refractivity contribution in [3.8, 4) is 5.75 Å². The number of benzene rings is 1. The molecule has 1 rings (SSSR count). The lowest BCUT2D eigenvalue weighted by atomic mass is 10.1. The fraction of sp³-hybridized carbons (Fsp3) is 0.429. The Morgan fingerprint density at radius 1 is 1.25 bits per heavy atom. The maximum atomic E-state index is 11.6. The van der Waals surface area contributed by atoms with Gasteiger partial charge in [-0.25, -0.2) is 4.79 Å². The highest BCUT2D eigenvalue weighted by molar-refractivity contribution is 5.83. The van der Waals surface area contributed by atoms with E-state index in [1.165, 1.54) is 12.1 Å². The Balaban J connectivity index is 2.54. The number of rotatable bonds is 8. The third-order valence-electron chi connectivity index (χ3n) is 2.84. The molecule has 0 unspecified atom stereocenters. The molecule has 0 spiro atoms. The number of aliphatic carboxylic acids is 1. The number of carboxylic acid groups (broad SMARTS) is 1. The number of carbonyl (C=O) groups excluding carboxylic acids is 1. The second-order valence-electron chi connectivity index (χ2n) is 4.54. The summed E-state index contributed by atoms with van der Waals surface area (Å²) in [5.41, 5.74) is 0.741. The smallest absolute Gasteiger partial charge is 0.326 e. The topological polar surface area (TPSA) is 98.7 Å². The van der Waals surface area contributed by atoms with Gasteiger partial charge in [0.05, 0.1) is 0 Å². The predicted octanol–water partition coefficient (Wildman–Crippen LogP) is 0.504. The second-order valence-corrected chi connectivity index (χ2v) is 4.54. The van der Waals surface area contributed by atoms with Crippen LogP contribution < -0.4 is 10.6 Å². The number of amides is 1. The molecule has 4 N–H and O–H groups in total. The van der Waals surface area contributed by atoms with Gasteiger partial charge in [0.25, 0.3) is 0 Å². The van der Waals surface area contributed by atoms with Crippen molar-refractivity contribution in [2.45, 2.75) is 25.3 Å². The monoisotopic (exact) mass is 280 g/mol. The Hall–Kier alpha value is -2.08. The minimum atomic E-state index is -1.07. The highest BCUT2D eigenvalue weighted by Gasteiger charge is 2.20. The van der Waals surface area contributed by atoms with Crippen LogP contribution in [0.5, 0.6) is 5.75 Å². The van der Waals surface area contributed by atoms with Crippen LogP contribution in [0, 0.1) is 0 Å². The Labute approximate surface area is 117 Å². The summed E-state index contributed by atoms with van der Waals surface area (Å²) in [6.07, 6.45) is 1.14. The summed E-state index contributed by atoms with van der Waals surface area (Å²) in [4.78, 5) is 22.8. The molecule has 0 aliphatic carbocycles. The highest BCUT2D eigenvalue weighted by Crippen LogP contribution is 2.11. The molecule has 0 aliphatic heterocycles. The summed E-state index contributed by atoms with van der Waals surface area (Å²) in [5, 5.41) is 23.7. The van der Waals surface area contributed by atoms with E-state index in [4.69, 9.17) is 5.11 Å². The first-order valence-corrected chi connectivity index (χ1v) is 6.47. The van der Waals surface area contributed by atoms with Gasteiger partial charge < -0.3 is 20.8 Å². The van der Waals surface area contributed by atoms with E-state index < -0.39 is 12.0 Å². The summed E-state index contributed by atoms with van der Waals surface area (Å²) in [6.45, 7) is 0.711. The summed E-state index contributed by atoms with van der Waals surface area (Å²) in [7, 11) is 1.79. The first kappa shape index (κ1) is 16.0. The maximum Gasteiger partial charge on any atom is 0.326 e. The maximum absolute atomic E-state index is 11.6. The zero-order chi connectivity index (χ0) is 15.0. The first-order valence-electron chi connectivity index (χ1n) is 6.47. The fourth-order valence-electron chi connectivity index (χ4n) is 1.76. The van der Waals surface area contributed by atoms with Crippen LogP contribution in [0.4, 0.5) is 0 Å². The number of nitrogens with one attached hydrogen (secondary N) is 2. The number of carbonyl (C=O) groups is 2. The molecule has 0 fully saturated rings.